The largest absolute Gasteiger partial charge is 0.396 e. The van der Waals surface area contributed by atoms with Crippen LogP contribution in [-0.2, 0) is 0 Å². The van der Waals surface area contributed by atoms with E-state index in [-0.39, 0.29) is 0 Å². The molecule has 0 spiro atoms. The molecule has 0 aliphatic heterocycles. The summed E-state index contributed by atoms with van der Waals surface area (Å²) >= 11 is 0. The minimum Gasteiger partial charge on any atom is -0.396 e. The SMILES string of the molecule is OCC1CCC(NC2CCCCCC2)CC1. The maximum Gasteiger partial charge on any atom is 0.0459 e. The van der Waals surface area contributed by atoms with Crippen LogP contribution < -0.4 is 5.32 Å². The molecule has 0 aromatic carbocycles. The van der Waals surface area contributed by atoms with Crippen molar-refractivity contribution < 1.29 is 5.11 Å². The van der Waals surface area contributed by atoms with Crippen LogP contribution in [0.2, 0.25) is 0 Å². The molecule has 2 heteroatoms. The number of hydrogen-bond acceptors (Lipinski definition) is 2. The van der Waals surface area contributed by atoms with Crippen molar-refractivity contribution in [3.8, 4) is 0 Å². The molecular formula is C14H27NO. The Hall–Kier alpha value is -0.0800. The van der Waals surface area contributed by atoms with Crippen molar-refractivity contribution in [3.05, 3.63) is 0 Å². The van der Waals surface area contributed by atoms with Crippen LogP contribution in [0.25, 0.3) is 0 Å². The Kier molecular flexibility index (Phi) is 5.11. The van der Waals surface area contributed by atoms with E-state index in [2.05, 4.69) is 5.32 Å². The molecule has 0 unspecified atom stereocenters. The second-order valence-corrected chi connectivity index (χ2v) is 5.76. The molecule has 2 aliphatic carbocycles. The number of rotatable bonds is 3. The number of aliphatic hydroxyl groups excluding tert-OH is 1. The van der Waals surface area contributed by atoms with E-state index in [1.807, 2.05) is 0 Å². The van der Waals surface area contributed by atoms with Crippen molar-refractivity contribution in [3.63, 3.8) is 0 Å². The Bertz CT molecular complexity index is 179. The Labute approximate surface area is 99.8 Å². The van der Waals surface area contributed by atoms with E-state index in [1.54, 1.807) is 0 Å². The van der Waals surface area contributed by atoms with Crippen molar-refractivity contribution in [1.29, 1.82) is 0 Å². The molecule has 2 fully saturated rings. The Balaban J connectivity index is 1.69. The van der Waals surface area contributed by atoms with Crippen LogP contribution >= 0.6 is 0 Å². The van der Waals surface area contributed by atoms with Crippen LogP contribution in [0.3, 0.4) is 0 Å². The molecule has 2 aliphatic rings. The van der Waals surface area contributed by atoms with E-state index in [1.165, 1.54) is 64.2 Å². The van der Waals surface area contributed by atoms with Crippen LogP contribution in [0.5, 0.6) is 0 Å². The maximum absolute atomic E-state index is 9.12. The van der Waals surface area contributed by atoms with Gasteiger partial charge in [-0.25, -0.2) is 0 Å². The Morgan fingerprint density at radius 2 is 1.31 bits per heavy atom. The molecule has 2 nitrogen and oxygen atoms in total. The first-order valence-electron chi connectivity index (χ1n) is 7.25. The third-order valence-electron chi connectivity index (χ3n) is 4.43. The quantitative estimate of drug-likeness (QED) is 0.724. The molecule has 2 N–H and O–H groups in total. The lowest BCUT2D eigenvalue weighted by Crippen LogP contribution is -2.40. The summed E-state index contributed by atoms with van der Waals surface area (Å²) in [5.41, 5.74) is 0. The second-order valence-electron chi connectivity index (χ2n) is 5.76. The maximum atomic E-state index is 9.12. The molecule has 0 saturated heterocycles. The van der Waals surface area contributed by atoms with Gasteiger partial charge in [-0.2, -0.15) is 0 Å². The van der Waals surface area contributed by atoms with Gasteiger partial charge in [-0.05, 0) is 44.4 Å². The molecule has 0 atom stereocenters. The number of hydrogen-bond donors (Lipinski definition) is 2. The molecule has 2 saturated carbocycles. The molecule has 0 heterocycles. The van der Waals surface area contributed by atoms with Gasteiger partial charge in [-0.15, -0.1) is 0 Å². The zero-order chi connectivity index (χ0) is 11.2. The zero-order valence-corrected chi connectivity index (χ0v) is 10.5. The van der Waals surface area contributed by atoms with E-state index < -0.39 is 0 Å². The van der Waals surface area contributed by atoms with Crippen LogP contribution in [0.4, 0.5) is 0 Å². The first-order chi connectivity index (χ1) is 7.88. The highest BCUT2D eigenvalue weighted by Gasteiger charge is 2.22. The monoisotopic (exact) mass is 225 g/mol. The summed E-state index contributed by atoms with van der Waals surface area (Å²) in [5, 5.41) is 13.0. The van der Waals surface area contributed by atoms with Crippen molar-refractivity contribution in [1.82, 2.24) is 5.32 Å². The third-order valence-corrected chi connectivity index (χ3v) is 4.43. The smallest absolute Gasteiger partial charge is 0.0459 e. The first-order valence-corrected chi connectivity index (χ1v) is 7.25. The lowest BCUT2D eigenvalue weighted by Gasteiger charge is -2.31. The lowest BCUT2D eigenvalue weighted by molar-refractivity contribution is 0.170. The highest BCUT2D eigenvalue weighted by molar-refractivity contribution is 4.81. The van der Waals surface area contributed by atoms with Crippen molar-refractivity contribution in [2.45, 2.75) is 76.3 Å². The summed E-state index contributed by atoms with van der Waals surface area (Å²) < 4.78 is 0. The van der Waals surface area contributed by atoms with Gasteiger partial charge >= 0.3 is 0 Å². The first kappa shape index (κ1) is 12.4. The highest BCUT2D eigenvalue weighted by Crippen LogP contribution is 2.25. The summed E-state index contributed by atoms with van der Waals surface area (Å²) in [6, 6.07) is 1.53. The van der Waals surface area contributed by atoms with Gasteiger partial charge < -0.3 is 10.4 Å². The van der Waals surface area contributed by atoms with Gasteiger partial charge in [0.05, 0.1) is 0 Å². The van der Waals surface area contributed by atoms with Gasteiger partial charge in [-0.3, -0.25) is 0 Å². The standard InChI is InChI=1S/C14H27NO/c16-11-12-7-9-14(10-8-12)15-13-5-3-1-2-4-6-13/h12-16H,1-11H2. The van der Waals surface area contributed by atoms with E-state index in [4.69, 9.17) is 5.11 Å². The summed E-state index contributed by atoms with van der Waals surface area (Å²) in [5.74, 6) is 0.590. The number of nitrogens with one attached hydrogen (secondary N) is 1. The van der Waals surface area contributed by atoms with Crippen LogP contribution in [0, 0.1) is 5.92 Å². The lowest BCUT2D eigenvalue weighted by atomic mass is 9.86. The molecular weight excluding hydrogens is 198 g/mol. The van der Waals surface area contributed by atoms with Crippen LogP contribution in [0.1, 0.15) is 64.2 Å². The average molecular weight is 225 g/mol. The topological polar surface area (TPSA) is 32.3 Å². The molecule has 0 aromatic heterocycles. The summed E-state index contributed by atoms with van der Waals surface area (Å²) in [7, 11) is 0. The fourth-order valence-corrected chi connectivity index (χ4v) is 3.29. The second kappa shape index (κ2) is 6.61. The zero-order valence-electron chi connectivity index (χ0n) is 10.5. The fraction of sp³-hybridized carbons (Fsp3) is 1.00. The van der Waals surface area contributed by atoms with E-state index in [9.17, 15) is 0 Å². The average Bonchev–Trinajstić information content (AvgIpc) is 2.59. The highest BCUT2D eigenvalue weighted by atomic mass is 16.3. The predicted molar refractivity (Wildman–Crippen MR) is 67.5 cm³/mol. The van der Waals surface area contributed by atoms with Crippen LogP contribution in [-0.4, -0.2) is 23.8 Å². The number of aliphatic hydroxyl groups is 1. The molecule has 0 radical (unpaired) electrons. The van der Waals surface area contributed by atoms with Gasteiger partial charge in [0.25, 0.3) is 0 Å². The van der Waals surface area contributed by atoms with Crippen LogP contribution in [0.15, 0.2) is 0 Å². The molecule has 0 aromatic rings. The van der Waals surface area contributed by atoms with Gasteiger partial charge in [-0.1, -0.05) is 25.7 Å². The Morgan fingerprint density at radius 3 is 1.88 bits per heavy atom. The van der Waals surface area contributed by atoms with Gasteiger partial charge in [0, 0.05) is 18.7 Å². The van der Waals surface area contributed by atoms with E-state index in [0.29, 0.717) is 12.5 Å². The molecule has 94 valence electrons. The Morgan fingerprint density at radius 1 is 0.750 bits per heavy atom. The fourth-order valence-electron chi connectivity index (χ4n) is 3.29. The minimum absolute atomic E-state index is 0.399. The predicted octanol–water partition coefficient (Wildman–Crippen LogP) is 2.85. The van der Waals surface area contributed by atoms with Gasteiger partial charge in [0.2, 0.25) is 0 Å². The van der Waals surface area contributed by atoms with Gasteiger partial charge in [0.15, 0.2) is 0 Å². The molecule has 0 amide bonds. The molecule has 2 rings (SSSR count). The van der Waals surface area contributed by atoms with Crippen molar-refractivity contribution in [2.75, 3.05) is 6.61 Å². The van der Waals surface area contributed by atoms with E-state index >= 15 is 0 Å². The van der Waals surface area contributed by atoms with Gasteiger partial charge in [0.1, 0.15) is 0 Å². The normalized spacial score (nSPS) is 33.6. The summed E-state index contributed by atoms with van der Waals surface area (Å²) in [6.45, 7) is 0.399. The summed E-state index contributed by atoms with van der Waals surface area (Å²) in [4.78, 5) is 0. The van der Waals surface area contributed by atoms with Crippen molar-refractivity contribution >= 4 is 0 Å². The molecule has 16 heavy (non-hydrogen) atoms. The minimum atomic E-state index is 0.399. The van der Waals surface area contributed by atoms with Crippen molar-refractivity contribution in [2.24, 2.45) is 5.92 Å². The summed E-state index contributed by atoms with van der Waals surface area (Å²) in [6.07, 6.45) is 13.5. The van der Waals surface area contributed by atoms with E-state index in [0.717, 1.165) is 12.1 Å². The molecule has 0 bridgehead atoms. The third kappa shape index (κ3) is 3.74.